The maximum absolute atomic E-state index is 13.8. The van der Waals surface area contributed by atoms with Crippen molar-refractivity contribution in [3.8, 4) is 0 Å². The number of aromatic nitrogens is 2. The van der Waals surface area contributed by atoms with E-state index in [4.69, 9.17) is 0 Å². The minimum absolute atomic E-state index is 0.0863. The van der Waals surface area contributed by atoms with Crippen LogP contribution in [0, 0.1) is 17.5 Å². The number of fused-ring (bicyclic) bond motifs is 1. The average molecular weight is 453 g/mol. The van der Waals surface area contributed by atoms with E-state index in [2.05, 4.69) is 5.32 Å². The molecule has 9 heteroatoms. The number of benzene rings is 3. The first kappa shape index (κ1) is 22.1. The fraction of sp³-hybridized carbons (Fsp3) is 0.125. The maximum Gasteiger partial charge on any atom is 0.332 e. The van der Waals surface area contributed by atoms with E-state index in [9.17, 15) is 27.6 Å². The highest BCUT2D eigenvalue weighted by Crippen LogP contribution is 2.11. The number of nitrogens with zero attached hydrogens (tertiary/aromatic N) is 2. The minimum Gasteiger partial charge on any atom is -0.350 e. The van der Waals surface area contributed by atoms with Gasteiger partial charge in [-0.3, -0.25) is 18.7 Å². The van der Waals surface area contributed by atoms with Gasteiger partial charge in [-0.1, -0.05) is 30.3 Å². The van der Waals surface area contributed by atoms with Crippen molar-refractivity contribution in [2.45, 2.75) is 19.6 Å². The smallest absolute Gasteiger partial charge is 0.332 e. The fourth-order valence-electron chi connectivity index (χ4n) is 3.49. The Morgan fingerprint density at radius 2 is 1.55 bits per heavy atom. The lowest BCUT2D eigenvalue weighted by Gasteiger charge is -2.14. The summed E-state index contributed by atoms with van der Waals surface area (Å²) in [5.74, 6) is -2.58. The second-order valence-electron chi connectivity index (χ2n) is 7.42. The molecule has 0 saturated carbocycles. The first-order chi connectivity index (χ1) is 15.8. The Hall–Kier alpha value is -4.14. The summed E-state index contributed by atoms with van der Waals surface area (Å²) in [4.78, 5) is 38.6. The summed E-state index contributed by atoms with van der Waals surface area (Å²) >= 11 is 0. The summed E-state index contributed by atoms with van der Waals surface area (Å²) in [6, 6.07) is 14.7. The van der Waals surface area contributed by atoms with E-state index < -0.39 is 41.2 Å². The van der Waals surface area contributed by atoms with Gasteiger partial charge in [-0.15, -0.1) is 0 Å². The van der Waals surface area contributed by atoms with Crippen LogP contribution in [0.25, 0.3) is 10.9 Å². The summed E-state index contributed by atoms with van der Waals surface area (Å²) in [6.07, 6.45) is 0. The molecule has 3 aromatic carbocycles. The highest BCUT2D eigenvalue weighted by atomic mass is 19.1. The van der Waals surface area contributed by atoms with E-state index >= 15 is 0 Å². The molecule has 33 heavy (non-hydrogen) atoms. The van der Waals surface area contributed by atoms with Gasteiger partial charge >= 0.3 is 5.69 Å². The quantitative estimate of drug-likeness (QED) is 0.488. The van der Waals surface area contributed by atoms with Crippen LogP contribution in [0.3, 0.4) is 0 Å². The molecule has 0 aliphatic heterocycles. The van der Waals surface area contributed by atoms with Crippen LogP contribution >= 0.6 is 0 Å². The van der Waals surface area contributed by atoms with Crippen molar-refractivity contribution in [2.75, 3.05) is 0 Å². The second-order valence-corrected chi connectivity index (χ2v) is 7.42. The van der Waals surface area contributed by atoms with E-state index in [1.807, 2.05) is 0 Å². The van der Waals surface area contributed by atoms with E-state index in [0.29, 0.717) is 11.6 Å². The lowest BCUT2D eigenvalue weighted by Crippen LogP contribution is -2.42. The molecule has 168 valence electrons. The Morgan fingerprint density at radius 3 is 2.27 bits per heavy atom. The van der Waals surface area contributed by atoms with Gasteiger partial charge in [0.1, 0.15) is 24.0 Å². The maximum atomic E-state index is 13.8. The molecule has 0 unspecified atom stereocenters. The third-order valence-electron chi connectivity index (χ3n) is 5.18. The molecule has 6 nitrogen and oxygen atoms in total. The number of halogens is 3. The Morgan fingerprint density at radius 1 is 0.848 bits per heavy atom. The van der Waals surface area contributed by atoms with Gasteiger partial charge in [0.25, 0.3) is 5.56 Å². The number of hydrogen-bond acceptors (Lipinski definition) is 3. The topological polar surface area (TPSA) is 73.1 Å². The molecular formula is C24H18F3N3O3. The van der Waals surface area contributed by atoms with E-state index in [1.165, 1.54) is 30.3 Å². The van der Waals surface area contributed by atoms with Crippen molar-refractivity contribution in [3.63, 3.8) is 0 Å². The summed E-state index contributed by atoms with van der Waals surface area (Å²) in [5, 5.41) is 2.73. The number of hydrogen-bond donors (Lipinski definition) is 1. The predicted molar refractivity (Wildman–Crippen MR) is 116 cm³/mol. The molecular weight excluding hydrogens is 435 g/mol. The highest BCUT2D eigenvalue weighted by molar-refractivity contribution is 5.81. The normalized spacial score (nSPS) is 11.0. The van der Waals surface area contributed by atoms with Crippen LogP contribution in [0.2, 0.25) is 0 Å². The SMILES string of the molecule is O=C(Cn1c(=O)n(Cc2ccc(F)cc2)c(=O)c2ccccc21)NCc1ccc(F)cc1F. The highest BCUT2D eigenvalue weighted by Gasteiger charge is 2.16. The molecule has 0 aliphatic carbocycles. The van der Waals surface area contributed by atoms with Crippen molar-refractivity contribution >= 4 is 16.8 Å². The minimum atomic E-state index is -0.800. The molecule has 0 saturated heterocycles. The summed E-state index contributed by atoms with van der Waals surface area (Å²) in [6.45, 7) is -0.732. The van der Waals surface area contributed by atoms with E-state index in [0.717, 1.165) is 15.2 Å². The van der Waals surface area contributed by atoms with Crippen molar-refractivity contribution < 1.29 is 18.0 Å². The van der Waals surface area contributed by atoms with Gasteiger partial charge in [-0.05, 0) is 35.9 Å². The Kier molecular flexibility index (Phi) is 6.12. The van der Waals surface area contributed by atoms with Gasteiger partial charge in [0, 0.05) is 18.2 Å². The number of para-hydroxylation sites is 1. The van der Waals surface area contributed by atoms with Gasteiger partial charge in [0.2, 0.25) is 5.91 Å². The van der Waals surface area contributed by atoms with Crippen LogP contribution in [0.15, 0.2) is 76.3 Å². The van der Waals surface area contributed by atoms with Crippen LogP contribution in [0.1, 0.15) is 11.1 Å². The van der Waals surface area contributed by atoms with Crippen LogP contribution < -0.4 is 16.6 Å². The Bertz CT molecular complexity index is 1460. The fourth-order valence-corrected chi connectivity index (χ4v) is 3.49. The van der Waals surface area contributed by atoms with Crippen LogP contribution in [0.4, 0.5) is 13.2 Å². The molecule has 0 fully saturated rings. The van der Waals surface area contributed by atoms with E-state index in [-0.39, 0.29) is 29.6 Å². The number of nitrogens with one attached hydrogen (secondary N) is 1. The van der Waals surface area contributed by atoms with Gasteiger partial charge in [0.05, 0.1) is 17.4 Å². The van der Waals surface area contributed by atoms with Gasteiger partial charge in [-0.25, -0.2) is 18.0 Å². The lowest BCUT2D eigenvalue weighted by molar-refractivity contribution is -0.121. The standard InChI is InChI=1S/C24H18F3N3O3/c25-17-8-5-15(6-9-17)13-30-23(32)19-3-1-2-4-21(19)29(24(30)33)14-22(31)28-12-16-7-10-18(26)11-20(16)27/h1-11H,12-14H2,(H,28,31). The van der Waals surface area contributed by atoms with Crippen molar-refractivity contribution in [2.24, 2.45) is 0 Å². The average Bonchev–Trinajstić information content (AvgIpc) is 2.80. The Labute approximate surface area is 185 Å². The Balaban J connectivity index is 1.66. The number of carbonyl (C=O) groups is 1. The zero-order valence-electron chi connectivity index (χ0n) is 17.2. The summed E-state index contributed by atoms with van der Waals surface area (Å²) in [5.41, 5.74) is -0.362. The molecule has 0 spiro atoms. The molecule has 1 heterocycles. The third-order valence-corrected chi connectivity index (χ3v) is 5.18. The van der Waals surface area contributed by atoms with Crippen molar-refractivity contribution in [3.05, 3.63) is 116 Å². The first-order valence-corrected chi connectivity index (χ1v) is 10.0. The number of rotatable bonds is 6. The largest absolute Gasteiger partial charge is 0.350 e. The van der Waals surface area contributed by atoms with Crippen LogP contribution in [0.5, 0.6) is 0 Å². The van der Waals surface area contributed by atoms with Gasteiger partial charge in [-0.2, -0.15) is 0 Å². The predicted octanol–water partition coefficient (Wildman–Crippen LogP) is 2.95. The van der Waals surface area contributed by atoms with E-state index in [1.54, 1.807) is 24.3 Å². The van der Waals surface area contributed by atoms with Gasteiger partial charge < -0.3 is 5.32 Å². The van der Waals surface area contributed by atoms with Crippen LogP contribution in [-0.4, -0.2) is 15.0 Å². The molecule has 0 radical (unpaired) electrons. The second kappa shape index (κ2) is 9.15. The van der Waals surface area contributed by atoms with Crippen molar-refractivity contribution in [1.82, 2.24) is 14.5 Å². The molecule has 0 atom stereocenters. The van der Waals surface area contributed by atoms with Gasteiger partial charge in [0.15, 0.2) is 0 Å². The molecule has 1 aromatic heterocycles. The lowest BCUT2D eigenvalue weighted by atomic mass is 10.2. The molecule has 4 rings (SSSR count). The zero-order chi connectivity index (χ0) is 23.5. The molecule has 0 aliphatic rings. The molecule has 4 aromatic rings. The number of amides is 1. The van der Waals surface area contributed by atoms with Crippen molar-refractivity contribution in [1.29, 1.82) is 0 Å². The zero-order valence-corrected chi connectivity index (χ0v) is 17.2. The molecule has 1 N–H and O–H groups in total. The monoisotopic (exact) mass is 453 g/mol. The first-order valence-electron chi connectivity index (χ1n) is 10.0. The molecule has 0 bridgehead atoms. The molecule has 1 amide bonds. The summed E-state index contributed by atoms with van der Waals surface area (Å²) in [7, 11) is 0. The summed E-state index contributed by atoms with van der Waals surface area (Å²) < 4.78 is 42.2. The number of carbonyl (C=O) groups excluding carboxylic acids is 1. The third kappa shape index (κ3) is 4.72. The van der Waals surface area contributed by atoms with Crippen LogP contribution in [-0.2, 0) is 24.4 Å².